The van der Waals surface area contributed by atoms with Crippen LogP contribution in [0, 0.1) is 5.92 Å². The number of fused-ring (bicyclic) bond motifs is 3. The zero-order chi connectivity index (χ0) is 37.4. The maximum absolute atomic E-state index is 14.1. The second-order valence-electron chi connectivity index (χ2n) is 13.3. The molecule has 3 aromatic rings. The van der Waals surface area contributed by atoms with Crippen molar-refractivity contribution in [3.8, 4) is 39.9 Å². The molecule has 1 fully saturated rings. The van der Waals surface area contributed by atoms with Gasteiger partial charge in [0.25, 0.3) is 0 Å². The highest BCUT2D eigenvalue weighted by atomic mass is 16.5. The lowest BCUT2D eigenvalue weighted by molar-refractivity contribution is -0.134. The van der Waals surface area contributed by atoms with Gasteiger partial charge in [0.2, 0.25) is 23.0 Å². The molecule has 1 saturated heterocycles. The lowest BCUT2D eigenvalue weighted by Crippen LogP contribution is -2.54. The normalized spacial score (nSPS) is 16.7. The summed E-state index contributed by atoms with van der Waals surface area (Å²) in [5.74, 6) is 2.74. The highest BCUT2D eigenvalue weighted by Crippen LogP contribution is 2.50. The summed E-state index contributed by atoms with van der Waals surface area (Å²) in [5.41, 5.74) is 3.14. The van der Waals surface area contributed by atoms with Crippen LogP contribution in [-0.2, 0) is 16.0 Å². The van der Waals surface area contributed by atoms with Crippen LogP contribution >= 0.6 is 0 Å². The number of methoxy groups -OCH3 is 4. The molecule has 1 aliphatic heterocycles. The number of carbonyl (C=O) groups is 2. The molecule has 0 bridgehead atoms. The van der Waals surface area contributed by atoms with Crippen LogP contribution in [0.5, 0.6) is 28.7 Å². The van der Waals surface area contributed by atoms with Crippen LogP contribution in [0.2, 0.25) is 0 Å². The van der Waals surface area contributed by atoms with Crippen LogP contribution in [0.4, 0.5) is 5.69 Å². The fourth-order valence-electron chi connectivity index (χ4n) is 7.03. The Morgan fingerprint density at radius 2 is 1.58 bits per heavy atom. The van der Waals surface area contributed by atoms with Crippen LogP contribution in [0.15, 0.2) is 53.3 Å². The Labute approximate surface area is 306 Å². The predicted molar refractivity (Wildman–Crippen MR) is 201 cm³/mol. The number of piperazine rings is 1. The fraction of sp³-hybridized carbons (Fsp3) is 0.475. The summed E-state index contributed by atoms with van der Waals surface area (Å²) in [5, 5.41) is 6.41. The Morgan fingerprint density at radius 1 is 0.885 bits per heavy atom. The molecular weight excluding hydrogens is 664 g/mol. The van der Waals surface area contributed by atoms with E-state index in [2.05, 4.69) is 15.5 Å². The van der Waals surface area contributed by atoms with Crippen LogP contribution in [-0.4, -0.2) is 95.4 Å². The Morgan fingerprint density at radius 3 is 2.19 bits per heavy atom. The molecule has 12 nitrogen and oxygen atoms in total. The summed E-state index contributed by atoms with van der Waals surface area (Å²) in [7, 11) is 6.33. The van der Waals surface area contributed by atoms with Crippen molar-refractivity contribution in [3.05, 3.63) is 69.9 Å². The lowest BCUT2D eigenvalue weighted by Gasteiger charge is -2.37. The van der Waals surface area contributed by atoms with Crippen LogP contribution < -0.4 is 39.7 Å². The molecule has 0 saturated carbocycles. The summed E-state index contributed by atoms with van der Waals surface area (Å²) in [6, 6.07) is 13.6. The number of nitrogens with one attached hydrogen (secondary N) is 2. The number of rotatable bonds is 14. The molecule has 5 rings (SSSR count). The highest BCUT2D eigenvalue weighted by Gasteiger charge is 2.33. The van der Waals surface area contributed by atoms with Gasteiger partial charge in [0.1, 0.15) is 24.1 Å². The average molecular weight is 717 g/mol. The Balaban J connectivity index is 1.38. The second kappa shape index (κ2) is 17.5. The molecule has 0 unspecified atom stereocenters. The van der Waals surface area contributed by atoms with Gasteiger partial charge in [-0.15, -0.1) is 0 Å². The molecule has 2 N–H and O–H groups in total. The molecule has 1 heterocycles. The molecule has 3 atom stereocenters. The minimum atomic E-state index is -0.609. The topological polar surface area (TPSA) is 128 Å². The lowest BCUT2D eigenvalue weighted by atomic mass is 9.95. The summed E-state index contributed by atoms with van der Waals surface area (Å²) in [6.45, 7) is 9.44. The van der Waals surface area contributed by atoms with Gasteiger partial charge in [-0.2, -0.15) is 0 Å². The van der Waals surface area contributed by atoms with E-state index in [0.717, 1.165) is 54.2 Å². The third kappa shape index (κ3) is 8.55. The predicted octanol–water partition coefficient (Wildman–Crippen LogP) is 4.92. The number of hydrogen-bond donors (Lipinski definition) is 2. The highest BCUT2D eigenvalue weighted by molar-refractivity contribution is 5.86. The van der Waals surface area contributed by atoms with Gasteiger partial charge >= 0.3 is 0 Å². The second-order valence-corrected chi connectivity index (χ2v) is 13.3. The van der Waals surface area contributed by atoms with E-state index in [-0.39, 0.29) is 23.2 Å². The van der Waals surface area contributed by atoms with Crippen molar-refractivity contribution in [3.63, 3.8) is 0 Å². The van der Waals surface area contributed by atoms with Crippen molar-refractivity contribution in [1.29, 1.82) is 0 Å². The molecule has 2 amide bonds. The summed E-state index contributed by atoms with van der Waals surface area (Å²) in [6.07, 6.45) is 1.90. The Kier molecular flexibility index (Phi) is 12.9. The first-order valence-corrected chi connectivity index (χ1v) is 17.9. The molecule has 12 heteroatoms. The minimum absolute atomic E-state index is 0.0316. The SMILES string of the molecule is CC[C@H](C)[C@@H](Nc1ccc2c(cc1=O)[C@H](NC(C)=O)CCc1cc(OC)c(OC)c(OC)c1-2)C(=O)N1CCN(CCOc2ccc(OC)cc2)CC1. The fourth-order valence-corrected chi connectivity index (χ4v) is 7.03. The number of nitrogens with zero attached hydrogens (tertiary/aromatic N) is 2. The van der Waals surface area contributed by atoms with Gasteiger partial charge in [-0.05, 0) is 77.9 Å². The molecule has 0 spiro atoms. The van der Waals surface area contributed by atoms with Gasteiger partial charge in [0.05, 0.1) is 40.2 Å². The van der Waals surface area contributed by atoms with E-state index in [9.17, 15) is 14.4 Å². The van der Waals surface area contributed by atoms with E-state index in [1.807, 2.05) is 55.1 Å². The van der Waals surface area contributed by atoms with Gasteiger partial charge in [-0.1, -0.05) is 26.3 Å². The van der Waals surface area contributed by atoms with Crippen molar-refractivity contribution in [2.24, 2.45) is 5.92 Å². The van der Waals surface area contributed by atoms with Gasteiger partial charge < -0.3 is 39.2 Å². The quantitative estimate of drug-likeness (QED) is 0.237. The van der Waals surface area contributed by atoms with Gasteiger partial charge in [-0.3, -0.25) is 19.3 Å². The monoisotopic (exact) mass is 716 g/mol. The van der Waals surface area contributed by atoms with Gasteiger partial charge in [-0.25, -0.2) is 0 Å². The van der Waals surface area contributed by atoms with E-state index < -0.39 is 12.1 Å². The van der Waals surface area contributed by atoms with E-state index in [1.165, 1.54) is 6.92 Å². The molecule has 1 aliphatic carbocycles. The van der Waals surface area contributed by atoms with Crippen LogP contribution in [0.25, 0.3) is 11.1 Å². The van der Waals surface area contributed by atoms with Crippen molar-refractivity contribution in [1.82, 2.24) is 15.1 Å². The van der Waals surface area contributed by atoms with E-state index >= 15 is 0 Å². The number of hydrogen-bond acceptors (Lipinski definition) is 10. The third-order valence-electron chi connectivity index (χ3n) is 10.1. The summed E-state index contributed by atoms with van der Waals surface area (Å²) < 4.78 is 28.4. The van der Waals surface area contributed by atoms with Crippen molar-refractivity contribution in [2.75, 3.05) is 73.1 Å². The van der Waals surface area contributed by atoms with Crippen molar-refractivity contribution >= 4 is 17.5 Å². The maximum atomic E-state index is 14.1. The zero-order valence-electron chi connectivity index (χ0n) is 31.4. The molecule has 52 heavy (non-hydrogen) atoms. The molecule has 3 aromatic carbocycles. The van der Waals surface area contributed by atoms with Crippen LogP contribution in [0.1, 0.15) is 50.8 Å². The Bertz CT molecular complexity index is 1780. The first-order chi connectivity index (χ1) is 25.1. The molecule has 280 valence electrons. The van der Waals surface area contributed by atoms with Gasteiger partial charge in [0, 0.05) is 45.2 Å². The summed E-state index contributed by atoms with van der Waals surface area (Å²) >= 11 is 0. The number of carbonyl (C=O) groups excluding carboxylic acids is 2. The smallest absolute Gasteiger partial charge is 0.245 e. The van der Waals surface area contributed by atoms with Gasteiger partial charge in [0.15, 0.2) is 11.5 Å². The first-order valence-electron chi connectivity index (χ1n) is 17.9. The number of aryl methyl sites for hydroxylation is 1. The Hall–Kier alpha value is -4.97. The van der Waals surface area contributed by atoms with Crippen molar-refractivity contribution < 1.29 is 33.3 Å². The van der Waals surface area contributed by atoms with E-state index in [4.69, 9.17) is 23.7 Å². The van der Waals surface area contributed by atoms with E-state index in [1.54, 1.807) is 40.6 Å². The maximum Gasteiger partial charge on any atom is 0.245 e. The first kappa shape index (κ1) is 38.3. The number of anilines is 1. The average Bonchev–Trinajstić information content (AvgIpc) is 3.40. The molecular formula is C40H52N4O8. The van der Waals surface area contributed by atoms with Crippen molar-refractivity contribution in [2.45, 2.75) is 52.1 Å². The molecule has 2 aliphatic rings. The molecule has 0 radical (unpaired) electrons. The van der Waals surface area contributed by atoms with Crippen LogP contribution in [0.3, 0.4) is 0 Å². The number of amides is 2. The number of benzene rings is 2. The summed E-state index contributed by atoms with van der Waals surface area (Å²) in [4.78, 5) is 44.7. The van der Waals surface area contributed by atoms with E-state index in [0.29, 0.717) is 61.0 Å². The number of ether oxygens (including phenoxy) is 5. The third-order valence-corrected chi connectivity index (χ3v) is 10.1. The standard InChI is InChI=1S/C40H52N4O8/c1-8-25(2)37(40(47)44-19-17-43(18-20-44)21-22-52-29-12-10-28(48-4)11-13-29)42-33-16-14-30-31(24-34(33)46)32(41-26(3)45)15-9-27-23-35(49-5)38(50-6)39(51-7)36(27)30/h10-14,16,23-25,32,37H,8-9,15,17-22H2,1-7H3,(H,41,45)(H,42,46)/t25-,32+,37+/m0/s1. The largest absolute Gasteiger partial charge is 0.497 e. The zero-order valence-corrected chi connectivity index (χ0v) is 31.4. The minimum Gasteiger partial charge on any atom is -0.497 e. The molecule has 0 aromatic heterocycles.